The van der Waals surface area contributed by atoms with Crippen LogP contribution in [-0.4, -0.2) is 26.8 Å². The number of aryl methyl sites for hydroxylation is 1. The first-order valence-corrected chi connectivity index (χ1v) is 9.81. The van der Waals surface area contributed by atoms with Crippen molar-refractivity contribution in [1.82, 2.24) is 15.2 Å². The Balaban J connectivity index is 1.60. The minimum Gasteiger partial charge on any atom is -0.267 e. The van der Waals surface area contributed by atoms with Gasteiger partial charge >= 0.3 is 0 Å². The number of hydrogen-bond acceptors (Lipinski definition) is 5. The minimum atomic E-state index is -0.517. The molecular weight excluding hydrogens is 406 g/mol. The van der Waals surface area contributed by atoms with Crippen LogP contribution in [0.2, 0.25) is 0 Å². The number of para-hydroxylation sites is 1. The number of aromatic nitrogens is 2. The quantitative estimate of drug-likeness (QED) is 0.279. The van der Waals surface area contributed by atoms with Crippen molar-refractivity contribution < 1.29 is 9.72 Å². The number of non-ortho nitro benzene ring substituents is 1. The van der Waals surface area contributed by atoms with Gasteiger partial charge < -0.3 is 0 Å². The average molecular weight is 425 g/mol. The number of nitrogens with zero attached hydrogens (tertiary/aromatic N) is 4. The van der Waals surface area contributed by atoms with E-state index in [9.17, 15) is 14.9 Å². The van der Waals surface area contributed by atoms with Gasteiger partial charge in [0.25, 0.3) is 11.6 Å². The van der Waals surface area contributed by atoms with E-state index in [4.69, 9.17) is 5.10 Å². The highest BCUT2D eigenvalue weighted by molar-refractivity contribution is 5.95. The number of carbonyl (C=O) groups is 1. The van der Waals surface area contributed by atoms with Gasteiger partial charge in [-0.1, -0.05) is 42.0 Å². The Hall–Kier alpha value is -4.59. The Morgan fingerprint density at radius 3 is 2.50 bits per heavy atom. The number of carbonyl (C=O) groups excluding carboxylic acids is 1. The molecule has 158 valence electrons. The van der Waals surface area contributed by atoms with Crippen molar-refractivity contribution in [2.75, 3.05) is 0 Å². The Labute approximate surface area is 184 Å². The maximum atomic E-state index is 12.3. The van der Waals surface area contributed by atoms with Crippen molar-refractivity contribution >= 4 is 17.8 Å². The number of nitrogens with one attached hydrogen (secondary N) is 1. The number of nitro benzene ring substituents is 1. The molecule has 3 aromatic carbocycles. The molecule has 0 unspecified atom stereocenters. The minimum absolute atomic E-state index is 0.0822. The van der Waals surface area contributed by atoms with Crippen molar-refractivity contribution in [2.45, 2.75) is 6.92 Å². The van der Waals surface area contributed by atoms with Crippen LogP contribution in [0.3, 0.4) is 0 Å². The van der Waals surface area contributed by atoms with E-state index in [1.165, 1.54) is 30.5 Å². The molecule has 0 saturated carbocycles. The van der Waals surface area contributed by atoms with E-state index in [0.29, 0.717) is 0 Å². The lowest BCUT2D eigenvalue weighted by Gasteiger charge is -2.02. The van der Waals surface area contributed by atoms with Crippen molar-refractivity contribution in [3.05, 3.63) is 112 Å². The first-order valence-electron chi connectivity index (χ1n) is 9.81. The molecule has 0 saturated heterocycles. The number of hydrazone groups is 1. The summed E-state index contributed by atoms with van der Waals surface area (Å²) in [5.74, 6) is -0.469. The van der Waals surface area contributed by atoms with E-state index in [1.54, 1.807) is 4.68 Å². The first-order chi connectivity index (χ1) is 15.5. The lowest BCUT2D eigenvalue weighted by Crippen LogP contribution is -2.17. The molecule has 1 amide bonds. The van der Waals surface area contributed by atoms with Gasteiger partial charge in [0.15, 0.2) is 0 Å². The van der Waals surface area contributed by atoms with Gasteiger partial charge in [0.05, 0.1) is 16.8 Å². The summed E-state index contributed by atoms with van der Waals surface area (Å²) < 4.78 is 1.76. The highest BCUT2D eigenvalue weighted by Crippen LogP contribution is 2.23. The largest absolute Gasteiger partial charge is 0.271 e. The summed E-state index contributed by atoms with van der Waals surface area (Å²) in [6.07, 6.45) is 3.38. The smallest absolute Gasteiger partial charge is 0.267 e. The summed E-state index contributed by atoms with van der Waals surface area (Å²) in [6, 6.07) is 23.0. The van der Waals surface area contributed by atoms with Crippen LogP contribution >= 0.6 is 0 Å². The fraction of sp³-hybridized carbons (Fsp3) is 0.0417. The fourth-order valence-electron chi connectivity index (χ4n) is 3.17. The Kier molecular flexibility index (Phi) is 5.85. The third-order valence-corrected chi connectivity index (χ3v) is 4.76. The third-order valence-electron chi connectivity index (χ3n) is 4.76. The normalized spacial score (nSPS) is 10.9. The fourth-order valence-corrected chi connectivity index (χ4v) is 3.17. The molecule has 0 aliphatic carbocycles. The number of nitro groups is 1. The number of benzene rings is 3. The summed E-state index contributed by atoms with van der Waals surface area (Å²) in [5.41, 5.74) is 7.03. The highest BCUT2D eigenvalue weighted by atomic mass is 16.6. The lowest BCUT2D eigenvalue weighted by atomic mass is 10.1. The highest BCUT2D eigenvalue weighted by Gasteiger charge is 2.12. The molecule has 0 spiro atoms. The number of rotatable bonds is 6. The van der Waals surface area contributed by atoms with Crippen LogP contribution < -0.4 is 5.43 Å². The van der Waals surface area contributed by atoms with Crippen LogP contribution in [0.4, 0.5) is 5.69 Å². The van der Waals surface area contributed by atoms with E-state index in [-0.39, 0.29) is 11.3 Å². The summed E-state index contributed by atoms with van der Waals surface area (Å²) >= 11 is 0. The molecule has 32 heavy (non-hydrogen) atoms. The molecular formula is C24H19N5O3. The predicted molar refractivity (Wildman–Crippen MR) is 122 cm³/mol. The Morgan fingerprint density at radius 1 is 1.06 bits per heavy atom. The van der Waals surface area contributed by atoms with Crippen LogP contribution in [0.1, 0.15) is 21.5 Å². The Morgan fingerprint density at radius 2 is 1.81 bits per heavy atom. The molecule has 0 aliphatic rings. The van der Waals surface area contributed by atoms with Gasteiger partial charge in [-0.15, -0.1) is 0 Å². The topological polar surface area (TPSA) is 102 Å². The van der Waals surface area contributed by atoms with Crippen LogP contribution in [0.25, 0.3) is 16.9 Å². The molecule has 0 bridgehead atoms. The molecule has 1 N–H and O–H groups in total. The standard InChI is InChI=1S/C24H19N5O3/c1-17-6-5-7-19(14-17)23-20(16-28(27-23)21-8-3-2-4-9-21)15-25-26-24(30)18-10-12-22(13-11-18)29(31)32/h2-16H,1H3,(H,26,30)/b25-15-. The monoisotopic (exact) mass is 425 g/mol. The first kappa shape index (κ1) is 20.7. The SMILES string of the molecule is Cc1cccc(-c2nn(-c3ccccc3)cc2/C=N\NC(=O)c2ccc([N+](=O)[O-])cc2)c1. The van der Waals surface area contributed by atoms with E-state index in [1.807, 2.05) is 67.7 Å². The van der Waals surface area contributed by atoms with Crippen LogP contribution in [0, 0.1) is 17.0 Å². The van der Waals surface area contributed by atoms with Crippen LogP contribution in [0.5, 0.6) is 0 Å². The maximum Gasteiger partial charge on any atom is 0.271 e. The van der Waals surface area contributed by atoms with Gasteiger partial charge in [-0.2, -0.15) is 10.2 Å². The Bertz CT molecular complexity index is 1290. The molecule has 8 nitrogen and oxygen atoms in total. The van der Waals surface area contributed by atoms with Gasteiger partial charge in [-0.25, -0.2) is 10.1 Å². The van der Waals surface area contributed by atoms with E-state index < -0.39 is 10.8 Å². The van der Waals surface area contributed by atoms with Crippen molar-refractivity contribution in [1.29, 1.82) is 0 Å². The van der Waals surface area contributed by atoms with Gasteiger partial charge in [0.2, 0.25) is 0 Å². The number of hydrogen-bond donors (Lipinski definition) is 1. The number of amides is 1. The molecule has 1 heterocycles. The second-order valence-corrected chi connectivity index (χ2v) is 7.09. The van der Waals surface area contributed by atoms with E-state index in [0.717, 1.165) is 28.1 Å². The summed E-state index contributed by atoms with van der Waals surface area (Å²) in [4.78, 5) is 22.6. The van der Waals surface area contributed by atoms with Crippen molar-refractivity contribution in [3.8, 4) is 16.9 Å². The van der Waals surface area contributed by atoms with Crippen molar-refractivity contribution in [2.24, 2.45) is 5.10 Å². The molecule has 4 aromatic rings. The van der Waals surface area contributed by atoms with E-state index >= 15 is 0 Å². The molecule has 0 fully saturated rings. The summed E-state index contributed by atoms with van der Waals surface area (Å²) in [6.45, 7) is 2.01. The van der Waals surface area contributed by atoms with Gasteiger partial charge in [-0.3, -0.25) is 14.9 Å². The van der Waals surface area contributed by atoms with Gasteiger partial charge in [-0.05, 0) is 37.3 Å². The molecule has 0 aliphatic heterocycles. The summed E-state index contributed by atoms with van der Waals surface area (Å²) in [5, 5.41) is 19.6. The second kappa shape index (κ2) is 9.05. The molecule has 4 rings (SSSR count). The third kappa shape index (κ3) is 4.59. The molecule has 0 radical (unpaired) electrons. The second-order valence-electron chi connectivity index (χ2n) is 7.09. The summed E-state index contributed by atoms with van der Waals surface area (Å²) in [7, 11) is 0. The average Bonchev–Trinajstić information content (AvgIpc) is 3.24. The van der Waals surface area contributed by atoms with Crippen molar-refractivity contribution in [3.63, 3.8) is 0 Å². The zero-order valence-electron chi connectivity index (χ0n) is 17.2. The van der Waals surface area contributed by atoms with Crippen LogP contribution in [-0.2, 0) is 0 Å². The van der Waals surface area contributed by atoms with Gasteiger partial charge in [0.1, 0.15) is 5.69 Å². The predicted octanol–water partition coefficient (Wildman–Crippen LogP) is 4.52. The molecule has 8 heteroatoms. The van der Waals surface area contributed by atoms with Crippen LogP contribution in [0.15, 0.2) is 90.2 Å². The van der Waals surface area contributed by atoms with E-state index in [2.05, 4.69) is 10.5 Å². The molecule has 0 atom stereocenters. The maximum absolute atomic E-state index is 12.3. The zero-order valence-corrected chi connectivity index (χ0v) is 17.2. The zero-order chi connectivity index (χ0) is 22.5. The lowest BCUT2D eigenvalue weighted by molar-refractivity contribution is -0.384. The van der Waals surface area contributed by atoms with Gasteiger partial charge in [0, 0.05) is 35.0 Å². The molecule has 1 aromatic heterocycles.